The van der Waals surface area contributed by atoms with Crippen molar-refractivity contribution in [3.63, 3.8) is 0 Å². The standard InChI is InChI=1S/C12H15N3O/c1-9-10(8-14-15-9)7-13-11-4-3-5-12(6-11)16-2/h3-6,8,13H,7H2,1-2H3,(H,14,15). The van der Waals surface area contributed by atoms with E-state index in [-0.39, 0.29) is 0 Å². The van der Waals surface area contributed by atoms with E-state index in [1.54, 1.807) is 7.11 Å². The summed E-state index contributed by atoms with van der Waals surface area (Å²) in [6.45, 7) is 2.77. The van der Waals surface area contributed by atoms with Crippen molar-refractivity contribution in [2.45, 2.75) is 13.5 Å². The number of hydrogen-bond acceptors (Lipinski definition) is 3. The van der Waals surface area contributed by atoms with Gasteiger partial charge in [-0.1, -0.05) is 6.07 Å². The molecule has 0 bridgehead atoms. The highest BCUT2D eigenvalue weighted by Crippen LogP contribution is 2.17. The Morgan fingerprint density at radius 2 is 2.31 bits per heavy atom. The molecule has 84 valence electrons. The smallest absolute Gasteiger partial charge is 0.120 e. The molecule has 2 N–H and O–H groups in total. The van der Waals surface area contributed by atoms with Crippen LogP contribution in [0.2, 0.25) is 0 Å². The molecule has 0 radical (unpaired) electrons. The minimum Gasteiger partial charge on any atom is -0.497 e. The van der Waals surface area contributed by atoms with Crippen molar-refractivity contribution in [3.05, 3.63) is 41.7 Å². The Bertz CT molecular complexity index is 465. The number of nitrogens with one attached hydrogen (secondary N) is 2. The highest BCUT2D eigenvalue weighted by molar-refractivity contribution is 5.48. The lowest BCUT2D eigenvalue weighted by Gasteiger charge is -2.07. The van der Waals surface area contributed by atoms with E-state index in [1.807, 2.05) is 37.4 Å². The molecule has 0 aliphatic heterocycles. The molecule has 0 atom stereocenters. The third kappa shape index (κ3) is 2.34. The molecule has 0 spiro atoms. The quantitative estimate of drug-likeness (QED) is 0.826. The molecule has 1 aromatic heterocycles. The summed E-state index contributed by atoms with van der Waals surface area (Å²) < 4.78 is 5.16. The number of ether oxygens (including phenoxy) is 1. The molecule has 0 saturated heterocycles. The van der Waals surface area contributed by atoms with Crippen LogP contribution in [0.3, 0.4) is 0 Å². The molecular weight excluding hydrogens is 202 g/mol. The first-order chi connectivity index (χ1) is 7.79. The highest BCUT2D eigenvalue weighted by Gasteiger charge is 2.00. The van der Waals surface area contributed by atoms with Gasteiger partial charge >= 0.3 is 0 Å². The predicted molar refractivity (Wildman–Crippen MR) is 63.6 cm³/mol. The van der Waals surface area contributed by atoms with Crippen LogP contribution in [0.4, 0.5) is 5.69 Å². The third-order valence-corrected chi connectivity index (χ3v) is 2.49. The topological polar surface area (TPSA) is 49.9 Å². The number of aromatic amines is 1. The summed E-state index contributed by atoms with van der Waals surface area (Å²) in [4.78, 5) is 0. The molecule has 2 rings (SSSR count). The molecule has 4 nitrogen and oxygen atoms in total. The fourth-order valence-corrected chi connectivity index (χ4v) is 1.48. The lowest BCUT2D eigenvalue weighted by molar-refractivity contribution is 0.415. The number of hydrogen-bond donors (Lipinski definition) is 2. The van der Waals surface area contributed by atoms with Crippen LogP contribution in [0.5, 0.6) is 5.75 Å². The number of benzene rings is 1. The van der Waals surface area contributed by atoms with Gasteiger partial charge in [-0.15, -0.1) is 0 Å². The zero-order valence-electron chi connectivity index (χ0n) is 9.45. The van der Waals surface area contributed by atoms with E-state index in [0.717, 1.165) is 23.7 Å². The normalized spacial score (nSPS) is 10.1. The zero-order valence-corrected chi connectivity index (χ0v) is 9.45. The molecule has 4 heteroatoms. The summed E-state index contributed by atoms with van der Waals surface area (Å²) in [7, 11) is 1.67. The van der Waals surface area contributed by atoms with Gasteiger partial charge in [0.25, 0.3) is 0 Å². The van der Waals surface area contributed by atoms with Crippen molar-refractivity contribution >= 4 is 5.69 Å². The Kier molecular flexibility index (Phi) is 3.10. The number of rotatable bonds is 4. The maximum atomic E-state index is 5.16. The van der Waals surface area contributed by atoms with Gasteiger partial charge in [0.2, 0.25) is 0 Å². The second-order valence-electron chi connectivity index (χ2n) is 3.61. The molecule has 2 aromatic rings. The molecule has 0 aliphatic rings. The Hall–Kier alpha value is -1.97. The average molecular weight is 217 g/mol. The Labute approximate surface area is 94.6 Å². The highest BCUT2D eigenvalue weighted by atomic mass is 16.5. The van der Waals surface area contributed by atoms with Gasteiger partial charge in [-0.2, -0.15) is 5.10 Å². The van der Waals surface area contributed by atoms with Crippen LogP contribution < -0.4 is 10.1 Å². The number of aromatic nitrogens is 2. The van der Waals surface area contributed by atoms with Crippen molar-refractivity contribution in [1.82, 2.24) is 10.2 Å². The first-order valence-electron chi connectivity index (χ1n) is 5.16. The lowest BCUT2D eigenvalue weighted by Crippen LogP contribution is -1.99. The van der Waals surface area contributed by atoms with E-state index in [0.29, 0.717) is 0 Å². The Morgan fingerprint density at radius 1 is 1.44 bits per heavy atom. The fourth-order valence-electron chi connectivity index (χ4n) is 1.48. The van der Waals surface area contributed by atoms with Crippen LogP contribution >= 0.6 is 0 Å². The largest absolute Gasteiger partial charge is 0.497 e. The average Bonchev–Trinajstić information content (AvgIpc) is 2.72. The first-order valence-corrected chi connectivity index (χ1v) is 5.16. The van der Waals surface area contributed by atoms with E-state index in [9.17, 15) is 0 Å². The number of nitrogens with zero attached hydrogens (tertiary/aromatic N) is 1. The van der Waals surface area contributed by atoms with Crippen LogP contribution in [0.25, 0.3) is 0 Å². The van der Waals surface area contributed by atoms with Crippen molar-refractivity contribution in [2.75, 3.05) is 12.4 Å². The molecule has 0 unspecified atom stereocenters. The van der Waals surface area contributed by atoms with E-state index < -0.39 is 0 Å². The number of methoxy groups -OCH3 is 1. The molecule has 0 saturated carbocycles. The summed E-state index contributed by atoms with van der Waals surface area (Å²) in [5.41, 5.74) is 3.30. The Morgan fingerprint density at radius 3 is 3.00 bits per heavy atom. The first kappa shape index (κ1) is 10.5. The SMILES string of the molecule is COc1cccc(NCc2cn[nH]c2C)c1. The van der Waals surface area contributed by atoms with E-state index in [4.69, 9.17) is 4.74 Å². The zero-order chi connectivity index (χ0) is 11.4. The predicted octanol–water partition coefficient (Wildman–Crippen LogP) is 2.34. The molecule has 1 aromatic carbocycles. The minimum atomic E-state index is 0.759. The molecule has 0 aliphatic carbocycles. The van der Waals surface area contributed by atoms with Crippen molar-refractivity contribution in [3.8, 4) is 5.75 Å². The number of H-pyrrole nitrogens is 1. The van der Waals surface area contributed by atoms with E-state index in [1.165, 1.54) is 5.56 Å². The molecule has 1 heterocycles. The van der Waals surface area contributed by atoms with Crippen LogP contribution in [0.15, 0.2) is 30.5 Å². The Balaban J connectivity index is 2.02. The summed E-state index contributed by atoms with van der Waals surface area (Å²) in [5, 5.41) is 10.2. The maximum absolute atomic E-state index is 5.16. The van der Waals surface area contributed by atoms with Gasteiger partial charge in [-0.05, 0) is 19.1 Å². The van der Waals surface area contributed by atoms with Gasteiger partial charge in [-0.3, -0.25) is 5.10 Å². The summed E-state index contributed by atoms with van der Waals surface area (Å²) in [6, 6.07) is 7.87. The van der Waals surface area contributed by atoms with E-state index >= 15 is 0 Å². The monoisotopic (exact) mass is 217 g/mol. The minimum absolute atomic E-state index is 0.759. The van der Waals surface area contributed by atoms with Crippen LogP contribution in [-0.4, -0.2) is 17.3 Å². The molecule has 0 fully saturated rings. The van der Waals surface area contributed by atoms with Crippen LogP contribution in [0.1, 0.15) is 11.3 Å². The van der Waals surface area contributed by atoms with Gasteiger partial charge in [0, 0.05) is 29.6 Å². The van der Waals surface area contributed by atoms with Crippen LogP contribution in [-0.2, 0) is 6.54 Å². The van der Waals surface area contributed by atoms with Gasteiger partial charge in [0.1, 0.15) is 5.75 Å². The van der Waals surface area contributed by atoms with Crippen molar-refractivity contribution < 1.29 is 4.74 Å². The number of aryl methyl sites for hydroxylation is 1. The van der Waals surface area contributed by atoms with E-state index in [2.05, 4.69) is 15.5 Å². The molecule has 0 amide bonds. The van der Waals surface area contributed by atoms with Crippen molar-refractivity contribution in [1.29, 1.82) is 0 Å². The summed E-state index contributed by atoms with van der Waals surface area (Å²) >= 11 is 0. The second-order valence-corrected chi connectivity index (χ2v) is 3.61. The summed E-state index contributed by atoms with van der Waals surface area (Å²) in [6.07, 6.45) is 1.84. The molecular formula is C12H15N3O. The van der Waals surface area contributed by atoms with Crippen LogP contribution in [0, 0.1) is 6.92 Å². The summed E-state index contributed by atoms with van der Waals surface area (Å²) in [5.74, 6) is 0.855. The maximum Gasteiger partial charge on any atom is 0.120 e. The van der Waals surface area contributed by atoms with Crippen molar-refractivity contribution in [2.24, 2.45) is 0 Å². The fraction of sp³-hybridized carbons (Fsp3) is 0.250. The molecule has 16 heavy (non-hydrogen) atoms. The van der Waals surface area contributed by atoms with Gasteiger partial charge in [-0.25, -0.2) is 0 Å². The third-order valence-electron chi connectivity index (χ3n) is 2.49. The number of anilines is 1. The van der Waals surface area contributed by atoms with Gasteiger partial charge in [0.05, 0.1) is 13.3 Å². The van der Waals surface area contributed by atoms with Gasteiger partial charge < -0.3 is 10.1 Å². The lowest BCUT2D eigenvalue weighted by atomic mass is 10.2. The van der Waals surface area contributed by atoms with Gasteiger partial charge in [0.15, 0.2) is 0 Å². The second kappa shape index (κ2) is 4.70.